The van der Waals surface area contributed by atoms with Gasteiger partial charge in [0, 0.05) is 37.2 Å². The van der Waals surface area contributed by atoms with Crippen LogP contribution in [-0.4, -0.2) is 60.1 Å². The summed E-state index contributed by atoms with van der Waals surface area (Å²) in [7, 11) is 2.16. The van der Waals surface area contributed by atoms with Crippen LogP contribution in [0.4, 0.5) is 0 Å². The Kier molecular flexibility index (Phi) is 6.56. The lowest BCUT2D eigenvalue weighted by Crippen LogP contribution is -2.55. The Morgan fingerprint density at radius 1 is 1.11 bits per heavy atom. The molecular formula is C30H33N5O2. The van der Waals surface area contributed by atoms with Crippen molar-refractivity contribution >= 4 is 21.7 Å². The van der Waals surface area contributed by atoms with Crippen molar-refractivity contribution < 1.29 is 9.47 Å². The molecule has 2 aliphatic heterocycles. The summed E-state index contributed by atoms with van der Waals surface area (Å²) in [5.74, 6) is 0.880. The topological polar surface area (TPSA) is 75.3 Å². The van der Waals surface area contributed by atoms with E-state index >= 15 is 0 Å². The molecule has 37 heavy (non-hydrogen) atoms. The Hall–Kier alpha value is -3.44. The van der Waals surface area contributed by atoms with Gasteiger partial charge < -0.3 is 19.7 Å². The van der Waals surface area contributed by atoms with Crippen LogP contribution in [0.1, 0.15) is 38.0 Å². The fraction of sp³-hybridized carbons (Fsp3) is 0.400. The highest BCUT2D eigenvalue weighted by molar-refractivity contribution is 5.97. The van der Waals surface area contributed by atoms with Gasteiger partial charge in [-0.2, -0.15) is 10.4 Å². The van der Waals surface area contributed by atoms with Crippen molar-refractivity contribution in [2.45, 2.75) is 44.6 Å². The Bertz CT molecular complexity index is 1470. The predicted molar refractivity (Wildman–Crippen MR) is 146 cm³/mol. The van der Waals surface area contributed by atoms with Gasteiger partial charge in [-0.05, 0) is 80.4 Å². The van der Waals surface area contributed by atoms with E-state index in [2.05, 4.69) is 66.7 Å². The van der Waals surface area contributed by atoms with E-state index in [0.29, 0.717) is 11.6 Å². The first-order chi connectivity index (χ1) is 18.1. The molecule has 0 spiro atoms. The molecule has 7 nitrogen and oxygen atoms in total. The highest BCUT2D eigenvalue weighted by atomic mass is 16.5. The van der Waals surface area contributed by atoms with Gasteiger partial charge in [0.2, 0.25) is 0 Å². The predicted octanol–water partition coefficient (Wildman–Crippen LogP) is 5.10. The van der Waals surface area contributed by atoms with E-state index in [-0.39, 0.29) is 12.3 Å². The summed E-state index contributed by atoms with van der Waals surface area (Å²) >= 11 is 0. The number of aromatic nitrogens is 2. The molecule has 2 fully saturated rings. The summed E-state index contributed by atoms with van der Waals surface area (Å²) in [6, 6.07) is 21.1. The van der Waals surface area contributed by atoms with Crippen molar-refractivity contribution in [3.63, 3.8) is 0 Å². The van der Waals surface area contributed by atoms with E-state index in [1.807, 2.05) is 22.9 Å². The van der Waals surface area contributed by atoms with E-state index in [1.165, 1.54) is 0 Å². The molecule has 3 heterocycles. The quantitative estimate of drug-likeness (QED) is 0.415. The number of rotatable bonds is 5. The molecule has 0 aliphatic carbocycles. The maximum absolute atomic E-state index is 9.52. The average molecular weight is 496 g/mol. The van der Waals surface area contributed by atoms with Crippen LogP contribution in [0, 0.1) is 11.3 Å². The molecule has 2 saturated heterocycles. The van der Waals surface area contributed by atoms with E-state index in [1.54, 1.807) is 0 Å². The molecule has 0 amide bonds. The maximum atomic E-state index is 9.52. The van der Waals surface area contributed by atoms with Gasteiger partial charge in [-0.15, -0.1) is 0 Å². The zero-order valence-corrected chi connectivity index (χ0v) is 21.5. The first kappa shape index (κ1) is 23.9. The molecule has 0 radical (unpaired) electrons. The number of nitrogens with zero attached hydrogens (tertiary/aromatic N) is 4. The van der Waals surface area contributed by atoms with E-state index in [0.717, 1.165) is 84.2 Å². The molecule has 2 aliphatic rings. The van der Waals surface area contributed by atoms with Crippen LogP contribution in [0.5, 0.6) is 5.75 Å². The monoisotopic (exact) mass is 495 g/mol. The number of likely N-dealkylation sites (N-methyl/N-ethyl adjacent to an activating group) is 1. The van der Waals surface area contributed by atoms with E-state index in [9.17, 15) is 5.26 Å². The first-order valence-electron chi connectivity index (χ1n) is 13.3. The molecule has 1 aromatic heterocycles. The van der Waals surface area contributed by atoms with E-state index < -0.39 is 0 Å². The number of hydrogen-bond donors (Lipinski definition) is 1. The van der Waals surface area contributed by atoms with Crippen LogP contribution in [0.2, 0.25) is 0 Å². The highest BCUT2D eigenvalue weighted by Crippen LogP contribution is 2.35. The maximum Gasteiger partial charge on any atom is 0.150 e. The first-order valence-corrected chi connectivity index (χ1v) is 13.3. The minimum absolute atomic E-state index is 0.0708. The number of piperazine rings is 1. The summed E-state index contributed by atoms with van der Waals surface area (Å²) in [6.45, 7) is 5.93. The van der Waals surface area contributed by atoms with Crippen LogP contribution in [-0.2, 0) is 4.74 Å². The lowest BCUT2D eigenvalue weighted by molar-refractivity contribution is -0.0365. The van der Waals surface area contributed by atoms with Crippen molar-refractivity contribution in [1.29, 1.82) is 5.26 Å². The van der Waals surface area contributed by atoms with E-state index in [4.69, 9.17) is 14.6 Å². The zero-order valence-electron chi connectivity index (χ0n) is 21.5. The SMILES string of the molecule is CC(Oc1ccc2cc(-c3nn(C4CCCCO4)c4ccc(C#N)cc34)ccc2c1)C1CN(C)CCN1. The average Bonchev–Trinajstić information content (AvgIpc) is 3.32. The molecule has 4 aromatic rings. The Balaban J connectivity index is 1.32. The van der Waals surface area contributed by atoms with Crippen molar-refractivity contribution in [2.75, 3.05) is 33.3 Å². The smallest absolute Gasteiger partial charge is 0.150 e. The Morgan fingerprint density at radius 2 is 1.97 bits per heavy atom. The number of nitriles is 1. The van der Waals surface area contributed by atoms with Gasteiger partial charge in [-0.25, -0.2) is 4.68 Å². The van der Waals surface area contributed by atoms with Crippen LogP contribution >= 0.6 is 0 Å². The second-order valence-corrected chi connectivity index (χ2v) is 10.3. The summed E-state index contributed by atoms with van der Waals surface area (Å²) in [6.07, 6.45) is 3.17. The minimum atomic E-state index is -0.0708. The fourth-order valence-corrected chi connectivity index (χ4v) is 5.55. The van der Waals surface area contributed by atoms with Gasteiger partial charge in [0.25, 0.3) is 0 Å². The minimum Gasteiger partial charge on any atom is -0.489 e. The standard InChI is InChI=1S/C30H33N5O2/c1-20(27-19-34(2)13-12-32-27)37-25-10-9-22-16-24(8-7-23(22)17-25)30-26-15-21(18-31)6-11-28(26)35(33-30)29-5-3-4-14-36-29/h6-11,15-17,20,27,29,32H,3-5,12-14,19H2,1-2H3. The number of fused-ring (bicyclic) bond motifs is 2. The normalized spacial score (nSPS) is 21.6. The molecule has 1 N–H and O–H groups in total. The number of hydrogen-bond acceptors (Lipinski definition) is 6. The largest absolute Gasteiger partial charge is 0.489 e. The lowest BCUT2D eigenvalue weighted by atomic mass is 10.0. The number of ether oxygens (including phenoxy) is 2. The van der Waals surface area contributed by atoms with Gasteiger partial charge in [0.15, 0.2) is 6.23 Å². The third-order valence-electron chi connectivity index (χ3n) is 7.65. The van der Waals surface area contributed by atoms with Crippen molar-refractivity contribution in [1.82, 2.24) is 20.0 Å². The van der Waals surface area contributed by atoms with Gasteiger partial charge in [-0.1, -0.05) is 18.2 Å². The highest BCUT2D eigenvalue weighted by Gasteiger charge is 2.24. The van der Waals surface area contributed by atoms with Crippen molar-refractivity contribution in [2.24, 2.45) is 0 Å². The van der Waals surface area contributed by atoms with Gasteiger partial charge in [0.1, 0.15) is 17.5 Å². The number of benzene rings is 3. The second-order valence-electron chi connectivity index (χ2n) is 10.3. The molecule has 0 saturated carbocycles. The summed E-state index contributed by atoms with van der Waals surface area (Å²) < 4.78 is 14.4. The fourth-order valence-electron chi connectivity index (χ4n) is 5.55. The zero-order chi connectivity index (χ0) is 25.4. The van der Waals surface area contributed by atoms with Crippen LogP contribution in [0.3, 0.4) is 0 Å². The lowest BCUT2D eigenvalue weighted by Gasteiger charge is -2.34. The van der Waals surface area contributed by atoms with Gasteiger partial charge in [0.05, 0.1) is 23.2 Å². The number of nitrogens with one attached hydrogen (secondary N) is 1. The van der Waals surface area contributed by atoms with Crippen LogP contribution in [0.15, 0.2) is 54.6 Å². The van der Waals surface area contributed by atoms with Gasteiger partial charge >= 0.3 is 0 Å². The second kappa shape index (κ2) is 10.1. The molecule has 0 bridgehead atoms. The Labute approximate surface area is 217 Å². The van der Waals surface area contributed by atoms with Crippen molar-refractivity contribution in [3.05, 3.63) is 60.2 Å². The van der Waals surface area contributed by atoms with Gasteiger partial charge in [-0.3, -0.25) is 0 Å². The molecule has 6 rings (SSSR count). The van der Waals surface area contributed by atoms with Crippen LogP contribution in [0.25, 0.3) is 32.9 Å². The molecule has 7 heteroatoms. The molecule has 3 aromatic carbocycles. The molecule has 3 unspecified atom stereocenters. The van der Waals surface area contributed by atoms with Crippen molar-refractivity contribution in [3.8, 4) is 23.1 Å². The summed E-state index contributed by atoms with van der Waals surface area (Å²) in [5.41, 5.74) is 3.54. The molecule has 190 valence electrons. The molecule has 3 atom stereocenters. The third-order valence-corrected chi connectivity index (χ3v) is 7.65. The summed E-state index contributed by atoms with van der Waals surface area (Å²) in [5, 5.41) is 21.4. The third kappa shape index (κ3) is 4.80. The Morgan fingerprint density at radius 3 is 2.78 bits per heavy atom. The summed E-state index contributed by atoms with van der Waals surface area (Å²) in [4.78, 5) is 2.34. The molecular weight excluding hydrogens is 462 g/mol. The van der Waals surface area contributed by atoms with Crippen LogP contribution < -0.4 is 10.1 Å².